The number of hydrogen-bond acceptors (Lipinski definition) is 1. The van der Waals surface area contributed by atoms with E-state index in [2.05, 4.69) is 6.92 Å². The van der Waals surface area contributed by atoms with Gasteiger partial charge in [0.2, 0.25) is 0 Å². The predicted octanol–water partition coefficient (Wildman–Crippen LogP) is 2.10. The van der Waals surface area contributed by atoms with Gasteiger partial charge in [0.1, 0.15) is 6.29 Å². The van der Waals surface area contributed by atoms with Crippen molar-refractivity contribution < 1.29 is 4.79 Å². The highest BCUT2D eigenvalue weighted by Gasteiger charge is 1.81. The zero-order chi connectivity index (χ0) is 7.11. The molecule has 0 unspecified atom stereocenters. The van der Waals surface area contributed by atoms with Crippen LogP contribution in [0.3, 0.4) is 0 Å². The molecule has 0 aliphatic heterocycles. The lowest BCUT2D eigenvalue weighted by Crippen LogP contribution is -1.71. The maximum absolute atomic E-state index is 9.83. The van der Waals surface area contributed by atoms with E-state index in [-0.39, 0.29) is 0 Å². The normalized spacial score (nSPS) is 12.4. The molecule has 0 saturated carbocycles. The first kappa shape index (κ1) is 8.15. The van der Waals surface area contributed by atoms with E-state index in [1.54, 1.807) is 0 Å². The quantitative estimate of drug-likeness (QED) is 0.320. The van der Waals surface area contributed by atoms with Gasteiger partial charge in [0.05, 0.1) is 0 Å². The topological polar surface area (TPSA) is 17.1 Å². The third-order valence-corrected chi connectivity index (χ3v) is 1.17. The van der Waals surface area contributed by atoms with Crippen LogP contribution in [0.1, 0.15) is 20.3 Å². The number of carbonyl (C=O) groups excluding carboxylic acids is 1. The molecule has 0 atom stereocenters. The van der Waals surface area contributed by atoms with Crippen LogP contribution in [0.2, 0.25) is 0 Å². The fraction of sp³-hybridized carbons (Fsp3) is 0.375. The van der Waals surface area contributed by atoms with Crippen LogP contribution in [0.15, 0.2) is 23.8 Å². The number of hydrogen-bond donors (Lipinski definition) is 0. The van der Waals surface area contributed by atoms with Crippen molar-refractivity contribution in [2.24, 2.45) is 0 Å². The monoisotopic (exact) mass is 124 g/mol. The minimum absolute atomic E-state index is 0.791. The molecule has 9 heavy (non-hydrogen) atoms. The van der Waals surface area contributed by atoms with Gasteiger partial charge in [-0.2, -0.15) is 0 Å². The summed E-state index contributed by atoms with van der Waals surface area (Å²) in [5.41, 5.74) is 1.20. The van der Waals surface area contributed by atoms with Crippen LogP contribution in [0.25, 0.3) is 0 Å². The second-order valence-electron chi connectivity index (χ2n) is 1.71. The van der Waals surface area contributed by atoms with Gasteiger partial charge in [-0.15, -0.1) is 0 Å². The standard InChI is InChI=1S/C8H12O/c1-3-8(4-2)6-5-7-9/h3,5-7H,4H2,1-2H3. The Hall–Kier alpha value is -0.850. The van der Waals surface area contributed by atoms with Crippen LogP contribution in [-0.4, -0.2) is 6.29 Å². The Morgan fingerprint density at radius 1 is 1.56 bits per heavy atom. The van der Waals surface area contributed by atoms with Gasteiger partial charge in [-0.25, -0.2) is 0 Å². The minimum atomic E-state index is 0.791. The first-order valence-corrected chi connectivity index (χ1v) is 3.12. The number of aldehydes is 1. The Kier molecular flexibility index (Phi) is 4.79. The molecule has 0 aromatic carbocycles. The first-order valence-electron chi connectivity index (χ1n) is 3.12. The van der Waals surface area contributed by atoms with Crippen molar-refractivity contribution in [1.29, 1.82) is 0 Å². The van der Waals surface area contributed by atoms with Crippen LogP contribution >= 0.6 is 0 Å². The van der Waals surface area contributed by atoms with Gasteiger partial charge in [-0.05, 0) is 19.4 Å². The van der Waals surface area contributed by atoms with Crippen molar-refractivity contribution in [2.75, 3.05) is 0 Å². The third-order valence-electron chi connectivity index (χ3n) is 1.17. The zero-order valence-corrected chi connectivity index (χ0v) is 5.92. The summed E-state index contributed by atoms with van der Waals surface area (Å²) in [6, 6.07) is 0. The van der Waals surface area contributed by atoms with Crippen LogP contribution in [-0.2, 0) is 4.79 Å². The lowest BCUT2D eigenvalue weighted by molar-refractivity contribution is -0.104. The Bertz CT molecular complexity index is 132. The highest BCUT2D eigenvalue weighted by molar-refractivity contribution is 5.65. The fourth-order valence-corrected chi connectivity index (χ4v) is 0.581. The van der Waals surface area contributed by atoms with Crippen LogP contribution < -0.4 is 0 Å². The van der Waals surface area contributed by atoms with E-state index in [9.17, 15) is 4.79 Å². The summed E-state index contributed by atoms with van der Waals surface area (Å²) in [6.45, 7) is 4.03. The predicted molar refractivity (Wildman–Crippen MR) is 39.3 cm³/mol. The summed E-state index contributed by atoms with van der Waals surface area (Å²) < 4.78 is 0. The molecule has 0 heterocycles. The molecule has 0 fully saturated rings. The fourth-order valence-electron chi connectivity index (χ4n) is 0.581. The average Bonchev–Trinajstić information content (AvgIpc) is 1.91. The van der Waals surface area contributed by atoms with Gasteiger partial charge in [-0.1, -0.05) is 24.6 Å². The highest BCUT2D eigenvalue weighted by Crippen LogP contribution is 1.99. The van der Waals surface area contributed by atoms with Gasteiger partial charge < -0.3 is 0 Å². The molecule has 0 spiro atoms. The highest BCUT2D eigenvalue weighted by atomic mass is 16.1. The van der Waals surface area contributed by atoms with Gasteiger partial charge in [0, 0.05) is 0 Å². The average molecular weight is 124 g/mol. The molecular weight excluding hydrogens is 112 g/mol. The van der Waals surface area contributed by atoms with Gasteiger partial charge in [-0.3, -0.25) is 4.79 Å². The summed E-state index contributed by atoms with van der Waals surface area (Å²) >= 11 is 0. The van der Waals surface area contributed by atoms with Crippen LogP contribution in [0, 0.1) is 0 Å². The first-order chi connectivity index (χ1) is 4.35. The second-order valence-corrected chi connectivity index (χ2v) is 1.71. The summed E-state index contributed by atoms with van der Waals surface area (Å²) in [5.74, 6) is 0. The molecule has 0 bridgehead atoms. The van der Waals surface area contributed by atoms with Gasteiger partial charge in [0.25, 0.3) is 0 Å². The van der Waals surface area contributed by atoms with Crippen molar-refractivity contribution in [3.8, 4) is 0 Å². The molecule has 0 aliphatic rings. The lowest BCUT2D eigenvalue weighted by atomic mass is 10.2. The largest absolute Gasteiger partial charge is 0.299 e. The minimum Gasteiger partial charge on any atom is -0.299 e. The van der Waals surface area contributed by atoms with E-state index in [0.29, 0.717) is 0 Å². The van der Waals surface area contributed by atoms with E-state index in [1.165, 1.54) is 11.6 Å². The Labute approximate surface area is 56.1 Å². The number of allylic oxidation sites excluding steroid dienone is 4. The number of carbonyl (C=O) groups is 1. The molecule has 1 nitrogen and oxygen atoms in total. The lowest BCUT2D eigenvalue weighted by Gasteiger charge is -1.89. The molecule has 0 amide bonds. The molecular formula is C8H12O. The zero-order valence-electron chi connectivity index (χ0n) is 5.92. The molecule has 1 heteroatoms. The summed E-state index contributed by atoms with van der Waals surface area (Å²) in [5, 5.41) is 0. The van der Waals surface area contributed by atoms with E-state index in [4.69, 9.17) is 0 Å². The third kappa shape index (κ3) is 3.71. The van der Waals surface area contributed by atoms with Crippen molar-refractivity contribution >= 4 is 6.29 Å². The van der Waals surface area contributed by atoms with Gasteiger partial charge in [0.15, 0.2) is 0 Å². The summed E-state index contributed by atoms with van der Waals surface area (Å²) in [4.78, 5) is 9.83. The SMILES string of the molecule is CC=C(C=CC=O)CC. The molecule has 0 saturated heterocycles. The van der Waals surface area contributed by atoms with E-state index >= 15 is 0 Å². The molecule has 0 N–H and O–H groups in total. The number of rotatable bonds is 3. The van der Waals surface area contributed by atoms with E-state index in [1.807, 2.05) is 19.1 Å². The van der Waals surface area contributed by atoms with E-state index in [0.717, 1.165) is 12.7 Å². The Morgan fingerprint density at radius 3 is 2.56 bits per heavy atom. The van der Waals surface area contributed by atoms with E-state index < -0.39 is 0 Å². The van der Waals surface area contributed by atoms with Crippen LogP contribution in [0.4, 0.5) is 0 Å². The molecule has 0 aromatic rings. The Balaban J connectivity index is 3.84. The summed E-state index contributed by atoms with van der Waals surface area (Å²) in [7, 11) is 0. The molecule has 0 aromatic heterocycles. The van der Waals surface area contributed by atoms with Crippen molar-refractivity contribution in [3.05, 3.63) is 23.8 Å². The maximum atomic E-state index is 9.83. The molecule has 0 rings (SSSR count). The van der Waals surface area contributed by atoms with Crippen LogP contribution in [0.5, 0.6) is 0 Å². The molecule has 0 radical (unpaired) electrons. The van der Waals surface area contributed by atoms with Crippen molar-refractivity contribution in [2.45, 2.75) is 20.3 Å². The van der Waals surface area contributed by atoms with Gasteiger partial charge >= 0.3 is 0 Å². The molecule has 0 aliphatic carbocycles. The maximum Gasteiger partial charge on any atom is 0.142 e. The van der Waals surface area contributed by atoms with Crippen molar-refractivity contribution in [1.82, 2.24) is 0 Å². The van der Waals surface area contributed by atoms with Crippen molar-refractivity contribution in [3.63, 3.8) is 0 Å². The smallest absolute Gasteiger partial charge is 0.142 e. The Morgan fingerprint density at radius 2 is 2.22 bits per heavy atom. The molecule has 50 valence electrons. The second kappa shape index (κ2) is 5.29. The summed E-state index contributed by atoms with van der Waals surface area (Å²) in [6.07, 6.45) is 7.12.